The smallest absolute Gasteiger partial charge is 0.254 e. The molecule has 0 N–H and O–H groups in total. The number of hydrogen-bond acceptors (Lipinski definition) is 3. The maximum absolute atomic E-state index is 12.8. The molecule has 4 nitrogen and oxygen atoms in total. The fourth-order valence-corrected chi connectivity index (χ4v) is 3.36. The molecule has 1 aliphatic heterocycles. The highest BCUT2D eigenvalue weighted by Gasteiger charge is 2.25. The van der Waals surface area contributed by atoms with Gasteiger partial charge in [0.05, 0.1) is 19.8 Å². The van der Waals surface area contributed by atoms with Crippen LogP contribution in [0.1, 0.15) is 30.6 Å². The molecule has 1 amide bonds. The van der Waals surface area contributed by atoms with Crippen molar-refractivity contribution < 1.29 is 14.3 Å². The molecule has 0 aliphatic carbocycles. The molecule has 1 saturated heterocycles. The second-order valence-electron chi connectivity index (χ2n) is 7.18. The first-order valence-corrected chi connectivity index (χ1v) is 9.22. The van der Waals surface area contributed by atoms with E-state index in [0.29, 0.717) is 25.6 Å². The van der Waals surface area contributed by atoms with E-state index in [1.807, 2.05) is 53.4 Å². The largest absolute Gasteiger partial charge is 0.497 e. The molecular formula is C22H27NO3. The van der Waals surface area contributed by atoms with Crippen LogP contribution in [0.5, 0.6) is 5.75 Å². The van der Waals surface area contributed by atoms with E-state index in [9.17, 15) is 4.79 Å². The number of rotatable bonds is 5. The lowest BCUT2D eigenvalue weighted by Crippen LogP contribution is -2.46. The minimum Gasteiger partial charge on any atom is -0.497 e. The van der Waals surface area contributed by atoms with Crippen molar-refractivity contribution >= 4 is 5.91 Å². The van der Waals surface area contributed by atoms with Crippen molar-refractivity contribution in [2.45, 2.75) is 26.4 Å². The molecule has 0 radical (unpaired) electrons. The van der Waals surface area contributed by atoms with Crippen LogP contribution in [0.15, 0.2) is 48.5 Å². The Bertz CT molecular complexity index is 739. The van der Waals surface area contributed by atoms with Crippen LogP contribution in [-0.2, 0) is 4.74 Å². The van der Waals surface area contributed by atoms with E-state index in [1.54, 1.807) is 7.11 Å². The summed E-state index contributed by atoms with van der Waals surface area (Å²) in [6, 6.07) is 15.7. The molecule has 0 saturated carbocycles. The molecular weight excluding hydrogens is 326 g/mol. The van der Waals surface area contributed by atoms with Gasteiger partial charge in [0, 0.05) is 18.7 Å². The van der Waals surface area contributed by atoms with Crippen LogP contribution in [-0.4, -0.2) is 43.7 Å². The normalized spacial score (nSPS) is 17.4. The number of carbonyl (C=O) groups excluding carboxylic acids is 1. The Balaban J connectivity index is 1.70. The number of amides is 1. The van der Waals surface area contributed by atoms with Crippen molar-refractivity contribution in [3.63, 3.8) is 0 Å². The van der Waals surface area contributed by atoms with Gasteiger partial charge in [0.15, 0.2) is 0 Å². The Morgan fingerprint density at radius 1 is 1.19 bits per heavy atom. The molecule has 2 aromatic carbocycles. The summed E-state index contributed by atoms with van der Waals surface area (Å²) in [6.45, 7) is 6.31. The van der Waals surface area contributed by atoms with Crippen LogP contribution in [0.3, 0.4) is 0 Å². The van der Waals surface area contributed by atoms with E-state index in [-0.39, 0.29) is 12.0 Å². The first kappa shape index (κ1) is 18.5. The topological polar surface area (TPSA) is 38.8 Å². The van der Waals surface area contributed by atoms with Crippen LogP contribution in [0, 0.1) is 5.92 Å². The van der Waals surface area contributed by atoms with Crippen LogP contribution < -0.4 is 4.74 Å². The third-order valence-electron chi connectivity index (χ3n) is 4.70. The Morgan fingerprint density at radius 3 is 2.65 bits per heavy atom. The van der Waals surface area contributed by atoms with Crippen molar-refractivity contribution in [1.29, 1.82) is 0 Å². The molecule has 4 heteroatoms. The van der Waals surface area contributed by atoms with Crippen LogP contribution in [0.4, 0.5) is 0 Å². The number of nitrogens with zero attached hydrogens (tertiary/aromatic N) is 1. The predicted octanol–water partition coefficient (Wildman–Crippen LogP) is 4.25. The van der Waals surface area contributed by atoms with Crippen molar-refractivity contribution in [3.05, 3.63) is 54.1 Å². The van der Waals surface area contributed by atoms with Crippen molar-refractivity contribution in [3.8, 4) is 16.9 Å². The molecule has 1 fully saturated rings. The lowest BCUT2D eigenvalue weighted by Gasteiger charge is -2.33. The Kier molecular flexibility index (Phi) is 5.94. The fraction of sp³-hybridized carbons (Fsp3) is 0.409. The lowest BCUT2D eigenvalue weighted by atomic mass is 10.0. The van der Waals surface area contributed by atoms with Crippen molar-refractivity contribution in [2.75, 3.05) is 26.8 Å². The number of benzene rings is 2. The number of ether oxygens (including phenoxy) is 2. The Hall–Kier alpha value is -2.33. The van der Waals surface area contributed by atoms with E-state index < -0.39 is 0 Å². The van der Waals surface area contributed by atoms with Gasteiger partial charge < -0.3 is 14.4 Å². The fourth-order valence-electron chi connectivity index (χ4n) is 3.36. The summed E-state index contributed by atoms with van der Waals surface area (Å²) in [5.74, 6) is 1.48. The van der Waals surface area contributed by atoms with Gasteiger partial charge in [0.2, 0.25) is 0 Å². The zero-order valence-electron chi connectivity index (χ0n) is 15.8. The summed E-state index contributed by atoms with van der Waals surface area (Å²) < 4.78 is 11.1. The molecule has 1 atom stereocenters. The summed E-state index contributed by atoms with van der Waals surface area (Å²) in [4.78, 5) is 14.7. The third-order valence-corrected chi connectivity index (χ3v) is 4.70. The summed E-state index contributed by atoms with van der Waals surface area (Å²) in [7, 11) is 1.66. The monoisotopic (exact) mass is 353 g/mol. The van der Waals surface area contributed by atoms with Gasteiger partial charge in [0.25, 0.3) is 5.91 Å². The summed E-state index contributed by atoms with van der Waals surface area (Å²) in [6.07, 6.45) is 1.13. The van der Waals surface area contributed by atoms with E-state index in [2.05, 4.69) is 13.8 Å². The first-order chi connectivity index (χ1) is 12.6. The molecule has 1 aliphatic rings. The summed E-state index contributed by atoms with van der Waals surface area (Å²) >= 11 is 0. The van der Waals surface area contributed by atoms with Crippen LogP contribution >= 0.6 is 0 Å². The van der Waals surface area contributed by atoms with Crippen molar-refractivity contribution in [2.24, 2.45) is 5.92 Å². The molecule has 2 aromatic rings. The molecule has 138 valence electrons. The molecule has 0 bridgehead atoms. The highest BCUT2D eigenvalue weighted by atomic mass is 16.5. The zero-order valence-corrected chi connectivity index (χ0v) is 15.8. The molecule has 0 spiro atoms. The van der Waals surface area contributed by atoms with Gasteiger partial charge in [-0.25, -0.2) is 0 Å². The predicted molar refractivity (Wildman–Crippen MR) is 104 cm³/mol. The number of hydrogen-bond donors (Lipinski definition) is 0. The minimum absolute atomic E-state index is 0.0826. The first-order valence-electron chi connectivity index (χ1n) is 9.22. The van der Waals surface area contributed by atoms with Crippen LogP contribution in [0.2, 0.25) is 0 Å². The van der Waals surface area contributed by atoms with E-state index in [1.165, 1.54) is 0 Å². The van der Waals surface area contributed by atoms with E-state index in [4.69, 9.17) is 9.47 Å². The molecule has 26 heavy (non-hydrogen) atoms. The second-order valence-corrected chi connectivity index (χ2v) is 7.18. The molecule has 3 rings (SSSR count). The van der Waals surface area contributed by atoms with Gasteiger partial charge in [-0.2, -0.15) is 0 Å². The van der Waals surface area contributed by atoms with Gasteiger partial charge >= 0.3 is 0 Å². The standard InChI is InChI=1S/C22H27NO3/c1-16(2)13-21-15-23(11-12-26-21)22(24)18-9-7-17(8-10-18)19-5-4-6-20(14-19)25-3/h4-10,14,16,21H,11-13,15H2,1-3H3/t21-/m0/s1. The van der Waals surface area contributed by atoms with Crippen molar-refractivity contribution in [1.82, 2.24) is 4.90 Å². The Labute approximate surface area is 155 Å². The maximum Gasteiger partial charge on any atom is 0.254 e. The van der Waals surface area contributed by atoms with Gasteiger partial charge in [-0.1, -0.05) is 38.1 Å². The quantitative estimate of drug-likeness (QED) is 0.807. The number of morpholine rings is 1. The van der Waals surface area contributed by atoms with E-state index >= 15 is 0 Å². The minimum atomic E-state index is 0.0826. The van der Waals surface area contributed by atoms with E-state index in [0.717, 1.165) is 28.9 Å². The lowest BCUT2D eigenvalue weighted by molar-refractivity contribution is -0.0298. The van der Waals surface area contributed by atoms with Gasteiger partial charge in [-0.15, -0.1) is 0 Å². The van der Waals surface area contributed by atoms with Gasteiger partial charge in [-0.3, -0.25) is 4.79 Å². The molecule has 0 aromatic heterocycles. The Morgan fingerprint density at radius 2 is 1.96 bits per heavy atom. The highest BCUT2D eigenvalue weighted by molar-refractivity contribution is 5.94. The molecule has 0 unspecified atom stereocenters. The number of carbonyl (C=O) groups is 1. The summed E-state index contributed by atoms with van der Waals surface area (Å²) in [5.41, 5.74) is 2.87. The maximum atomic E-state index is 12.8. The zero-order chi connectivity index (χ0) is 18.5. The van der Waals surface area contributed by atoms with Crippen LogP contribution in [0.25, 0.3) is 11.1 Å². The van der Waals surface area contributed by atoms with Gasteiger partial charge in [0.1, 0.15) is 5.75 Å². The average molecular weight is 353 g/mol. The average Bonchev–Trinajstić information content (AvgIpc) is 2.67. The van der Waals surface area contributed by atoms with Gasteiger partial charge in [-0.05, 0) is 47.7 Å². The number of methoxy groups -OCH3 is 1. The molecule has 1 heterocycles. The third kappa shape index (κ3) is 4.44. The highest BCUT2D eigenvalue weighted by Crippen LogP contribution is 2.24. The second kappa shape index (κ2) is 8.37. The SMILES string of the molecule is COc1cccc(-c2ccc(C(=O)N3CCO[C@@H](CC(C)C)C3)cc2)c1. The summed E-state index contributed by atoms with van der Waals surface area (Å²) in [5, 5.41) is 0.